The van der Waals surface area contributed by atoms with Crippen LogP contribution < -0.4 is 5.32 Å². The molecular formula is C19H21N7. The molecule has 1 aliphatic carbocycles. The van der Waals surface area contributed by atoms with Gasteiger partial charge in [0.2, 0.25) is 0 Å². The number of nitrogens with one attached hydrogen (secondary N) is 3. The van der Waals surface area contributed by atoms with Crippen molar-refractivity contribution in [3.8, 4) is 0 Å². The summed E-state index contributed by atoms with van der Waals surface area (Å²) in [6, 6.07) is 7.80. The lowest BCUT2D eigenvalue weighted by atomic mass is 10.0. The number of aromatic amines is 1. The average molecular weight is 347 g/mol. The Kier molecular flexibility index (Phi) is 4.14. The fourth-order valence-corrected chi connectivity index (χ4v) is 2.95. The molecule has 0 saturated heterocycles. The van der Waals surface area contributed by atoms with Crippen molar-refractivity contribution in [2.75, 3.05) is 32.5 Å². The molecule has 0 saturated carbocycles. The maximum Gasteiger partial charge on any atom is 0.175 e. The van der Waals surface area contributed by atoms with Gasteiger partial charge in [0, 0.05) is 36.7 Å². The number of pyridine rings is 1. The van der Waals surface area contributed by atoms with Crippen LogP contribution >= 0.6 is 0 Å². The van der Waals surface area contributed by atoms with Crippen molar-refractivity contribution in [2.45, 2.75) is 0 Å². The Labute approximate surface area is 151 Å². The lowest BCUT2D eigenvalue weighted by Crippen LogP contribution is -2.21. The fourth-order valence-electron chi connectivity index (χ4n) is 2.95. The van der Waals surface area contributed by atoms with Gasteiger partial charge in [-0.05, 0) is 44.4 Å². The van der Waals surface area contributed by atoms with E-state index in [4.69, 9.17) is 10.4 Å². The molecular weight excluding hydrogens is 326 g/mol. The van der Waals surface area contributed by atoms with Crippen LogP contribution in [0.5, 0.6) is 0 Å². The third kappa shape index (κ3) is 2.93. The topological polar surface area (TPSA) is 84.6 Å². The Morgan fingerprint density at radius 1 is 1.27 bits per heavy atom. The number of anilines is 1. The molecule has 7 nitrogen and oxygen atoms in total. The van der Waals surface area contributed by atoms with Gasteiger partial charge in [-0.2, -0.15) is 0 Å². The number of rotatable bonds is 5. The van der Waals surface area contributed by atoms with Crippen molar-refractivity contribution in [3.63, 3.8) is 0 Å². The summed E-state index contributed by atoms with van der Waals surface area (Å²) in [6.45, 7) is 1.66. The molecule has 0 atom stereocenters. The molecule has 132 valence electrons. The summed E-state index contributed by atoms with van der Waals surface area (Å²) >= 11 is 0. The molecule has 0 radical (unpaired) electrons. The summed E-state index contributed by atoms with van der Waals surface area (Å²) in [5, 5.41) is 16.4. The minimum absolute atomic E-state index is 0.415. The standard InChI is InChI=1S/C19H21N7/c1-25(2)12-10-22-19-18(16-5-3-4-11-26(16)24-19)23-15-7-6-14-13(17(15)20)8-9-21-14/h3-9,11,20-21H,10,12H2,1-2H3,(H,22,24)/b20-17?,23-15+. The molecule has 3 N–H and O–H groups in total. The van der Waals surface area contributed by atoms with Crippen LogP contribution in [0, 0.1) is 5.41 Å². The number of nitrogens with zero attached hydrogens (tertiary/aromatic N) is 4. The number of fused-ring (bicyclic) bond motifs is 2. The second kappa shape index (κ2) is 6.61. The first-order chi connectivity index (χ1) is 12.6. The van der Waals surface area contributed by atoms with Crippen LogP contribution in [0.1, 0.15) is 11.3 Å². The van der Waals surface area contributed by atoms with Crippen LogP contribution in [0.4, 0.5) is 11.5 Å². The third-order valence-electron chi connectivity index (χ3n) is 4.31. The molecule has 1 aliphatic rings. The Morgan fingerprint density at radius 2 is 2.15 bits per heavy atom. The number of aliphatic imine (C=N–C) groups is 1. The van der Waals surface area contributed by atoms with Crippen molar-refractivity contribution in [3.05, 3.63) is 54.0 Å². The van der Waals surface area contributed by atoms with Crippen LogP contribution in [-0.4, -0.2) is 58.1 Å². The molecule has 0 aromatic carbocycles. The Morgan fingerprint density at radius 3 is 3.00 bits per heavy atom. The van der Waals surface area contributed by atoms with Crippen molar-refractivity contribution in [1.82, 2.24) is 19.5 Å². The van der Waals surface area contributed by atoms with E-state index in [1.807, 2.05) is 67.4 Å². The molecule has 0 aliphatic heterocycles. The van der Waals surface area contributed by atoms with Gasteiger partial charge < -0.3 is 15.2 Å². The molecule has 3 aromatic rings. The second-order valence-corrected chi connectivity index (χ2v) is 6.47. The van der Waals surface area contributed by atoms with Crippen molar-refractivity contribution in [2.24, 2.45) is 4.99 Å². The average Bonchev–Trinajstić information content (AvgIpc) is 3.23. The lowest BCUT2D eigenvalue weighted by molar-refractivity contribution is 0.425. The number of hydrogen-bond donors (Lipinski definition) is 3. The summed E-state index contributed by atoms with van der Waals surface area (Å²) in [7, 11) is 4.07. The van der Waals surface area contributed by atoms with Crippen molar-refractivity contribution in [1.29, 1.82) is 5.41 Å². The molecule has 4 rings (SSSR count). The van der Waals surface area contributed by atoms with E-state index in [0.717, 1.165) is 41.4 Å². The van der Waals surface area contributed by atoms with Crippen molar-refractivity contribution >= 4 is 34.5 Å². The molecule has 0 bridgehead atoms. The third-order valence-corrected chi connectivity index (χ3v) is 4.31. The molecule has 3 aromatic heterocycles. The van der Waals surface area contributed by atoms with Gasteiger partial charge >= 0.3 is 0 Å². The SMILES string of the molecule is CN(C)CCNc1nn2ccccc2c1/N=C1\C=Cc2[nH]ccc2C1=N. The zero-order valence-corrected chi connectivity index (χ0v) is 14.8. The molecule has 0 spiro atoms. The number of likely N-dealkylation sites (N-methyl/N-ethyl adjacent to an activating group) is 1. The highest BCUT2D eigenvalue weighted by molar-refractivity contribution is 6.53. The number of hydrogen-bond acceptors (Lipinski definition) is 5. The second-order valence-electron chi connectivity index (χ2n) is 6.47. The molecule has 7 heteroatoms. The first-order valence-corrected chi connectivity index (χ1v) is 8.53. The normalized spacial score (nSPS) is 15.2. The van der Waals surface area contributed by atoms with Gasteiger partial charge in [-0.25, -0.2) is 9.51 Å². The summed E-state index contributed by atoms with van der Waals surface area (Å²) in [4.78, 5) is 10.0. The molecule has 0 unspecified atom stereocenters. The number of aromatic nitrogens is 3. The van der Waals surface area contributed by atoms with Crippen LogP contribution in [0.15, 0.2) is 47.7 Å². The van der Waals surface area contributed by atoms with E-state index in [1.165, 1.54) is 0 Å². The van der Waals surface area contributed by atoms with Crippen LogP contribution in [0.2, 0.25) is 0 Å². The predicted molar refractivity (Wildman–Crippen MR) is 106 cm³/mol. The summed E-state index contributed by atoms with van der Waals surface area (Å²) in [5.74, 6) is 0.728. The van der Waals surface area contributed by atoms with E-state index >= 15 is 0 Å². The van der Waals surface area contributed by atoms with Gasteiger partial charge in [0.05, 0.1) is 16.9 Å². The van der Waals surface area contributed by atoms with Crippen LogP contribution in [0.3, 0.4) is 0 Å². The Bertz CT molecular complexity index is 1020. The quantitative estimate of drug-likeness (QED) is 0.663. The minimum Gasteiger partial charge on any atom is -0.365 e. The van der Waals surface area contributed by atoms with E-state index in [9.17, 15) is 0 Å². The van der Waals surface area contributed by atoms with Crippen LogP contribution in [0.25, 0.3) is 11.6 Å². The van der Waals surface area contributed by atoms with E-state index in [1.54, 1.807) is 0 Å². The highest BCUT2D eigenvalue weighted by atomic mass is 15.3. The largest absolute Gasteiger partial charge is 0.365 e. The maximum atomic E-state index is 8.46. The number of allylic oxidation sites excluding steroid dienone is 1. The maximum absolute atomic E-state index is 8.46. The molecule has 0 fully saturated rings. The minimum atomic E-state index is 0.415. The highest BCUT2D eigenvalue weighted by Gasteiger charge is 2.19. The molecule has 3 heterocycles. The van der Waals surface area contributed by atoms with Gasteiger partial charge in [0.25, 0.3) is 0 Å². The lowest BCUT2D eigenvalue weighted by Gasteiger charge is -2.11. The fraction of sp³-hybridized carbons (Fsp3) is 0.211. The summed E-state index contributed by atoms with van der Waals surface area (Å²) < 4.78 is 1.81. The van der Waals surface area contributed by atoms with E-state index in [-0.39, 0.29) is 0 Å². The smallest absolute Gasteiger partial charge is 0.175 e. The first-order valence-electron chi connectivity index (χ1n) is 8.53. The van der Waals surface area contributed by atoms with Gasteiger partial charge in [-0.3, -0.25) is 5.41 Å². The van der Waals surface area contributed by atoms with Gasteiger partial charge in [-0.1, -0.05) is 6.07 Å². The van der Waals surface area contributed by atoms with E-state index in [0.29, 0.717) is 11.4 Å². The van der Waals surface area contributed by atoms with Gasteiger partial charge in [0.15, 0.2) is 5.82 Å². The van der Waals surface area contributed by atoms with Gasteiger partial charge in [0.1, 0.15) is 5.69 Å². The highest BCUT2D eigenvalue weighted by Crippen LogP contribution is 2.31. The summed E-state index contributed by atoms with van der Waals surface area (Å²) in [5.41, 5.74) is 4.52. The zero-order valence-electron chi connectivity index (χ0n) is 14.8. The van der Waals surface area contributed by atoms with Crippen molar-refractivity contribution < 1.29 is 0 Å². The molecule has 26 heavy (non-hydrogen) atoms. The van der Waals surface area contributed by atoms with Crippen LogP contribution in [-0.2, 0) is 0 Å². The number of H-pyrrole nitrogens is 1. The summed E-state index contributed by atoms with van der Waals surface area (Å²) in [6.07, 6.45) is 7.58. The predicted octanol–water partition coefficient (Wildman–Crippen LogP) is 2.80. The monoisotopic (exact) mass is 347 g/mol. The van der Waals surface area contributed by atoms with E-state index in [2.05, 4.69) is 20.3 Å². The van der Waals surface area contributed by atoms with Gasteiger partial charge in [-0.15, -0.1) is 5.10 Å². The first kappa shape index (κ1) is 16.3. The zero-order chi connectivity index (χ0) is 18.1. The Hall–Kier alpha value is -3.19. The van der Waals surface area contributed by atoms with E-state index < -0.39 is 0 Å². The Balaban J connectivity index is 1.74. The molecule has 0 amide bonds.